The number of furan rings is 1. The molecule has 74 valence electrons. The maximum absolute atomic E-state index is 5.32. The normalized spacial score (nSPS) is 11.0. The number of hydrogen-bond donors (Lipinski definition) is 0. The van der Waals surface area contributed by atoms with Crippen LogP contribution in [0.25, 0.3) is 22.4 Å². The lowest BCUT2D eigenvalue weighted by atomic mass is 10.1. The Bertz CT molecular complexity index is 595. The van der Waals surface area contributed by atoms with Crippen molar-refractivity contribution in [1.82, 2.24) is 15.0 Å². The molecule has 0 amide bonds. The van der Waals surface area contributed by atoms with Crippen molar-refractivity contribution < 1.29 is 4.42 Å². The van der Waals surface area contributed by atoms with Crippen LogP contribution in [0, 0.1) is 0 Å². The predicted molar refractivity (Wildman–Crippen MR) is 56.2 cm³/mol. The molecule has 0 N–H and O–H groups in total. The lowest BCUT2D eigenvalue weighted by Crippen LogP contribution is -1.90. The molecule has 15 heavy (non-hydrogen) atoms. The summed E-state index contributed by atoms with van der Waals surface area (Å²) in [6, 6.07) is 9.70. The van der Waals surface area contributed by atoms with E-state index in [1.165, 1.54) is 0 Å². The van der Waals surface area contributed by atoms with Crippen LogP contribution in [-0.4, -0.2) is 15.0 Å². The van der Waals surface area contributed by atoms with Crippen LogP contribution in [0.15, 0.2) is 41.0 Å². The Morgan fingerprint density at radius 3 is 2.80 bits per heavy atom. The Hall–Kier alpha value is -2.10. The molecule has 3 aromatic rings. The van der Waals surface area contributed by atoms with Gasteiger partial charge in [0.15, 0.2) is 0 Å². The van der Waals surface area contributed by atoms with E-state index in [-0.39, 0.29) is 0 Å². The summed E-state index contributed by atoms with van der Waals surface area (Å²) in [6.07, 6.45) is 1.66. The van der Waals surface area contributed by atoms with Gasteiger partial charge in [-0.05, 0) is 30.3 Å². The number of fused-ring (bicyclic) bond motifs is 1. The van der Waals surface area contributed by atoms with Gasteiger partial charge >= 0.3 is 0 Å². The first-order valence-corrected chi connectivity index (χ1v) is 4.68. The highest BCUT2D eigenvalue weighted by atomic mass is 16.3. The van der Waals surface area contributed by atoms with E-state index in [4.69, 9.17) is 4.42 Å². The number of aromatic nitrogens is 3. The van der Waals surface area contributed by atoms with Crippen LogP contribution in [-0.2, 0) is 7.05 Å². The van der Waals surface area contributed by atoms with E-state index < -0.39 is 0 Å². The third-order valence-corrected chi connectivity index (χ3v) is 2.29. The summed E-state index contributed by atoms with van der Waals surface area (Å²) in [4.78, 5) is 1.57. The van der Waals surface area contributed by atoms with Gasteiger partial charge in [0, 0.05) is 12.6 Å². The van der Waals surface area contributed by atoms with Gasteiger partial charge in [-0.3, -0.25) is 0 Å². The first-order valence-electron chi connectivity index (χ1n) is 4.68. The van der Waals surface area contributed by atoms with Gasteiger partial charge in [0.1, 0.15) is 16.8 Å². The topological polar surface area (TPSA) is 43.9 Å². The summed E-state index contributed by atoms with van der Waals surface area (Å²) < 4.78 is 5.32. The van der Waals surface area contributed by atoms with Crippen molar-refractivity contribution in [3.05, 3.63) is 36.6 Å². The van der Waals surface area contributed by atoms with Gasteiger partial charge in [-0.15, -0.1) is 0 Å². The minimum Gasteiger partial charge on any atom is -0.464 e. The van der Waals surface area contributed by atoms with Crippen molar-refractivity contribution in [2.75, 3.05) is 0 Å². The van der Waals surface area contributed by atoms with E-state index in [1.807, 2.05) is 37.4 Å². The fourth-order valence-electron chi connectivity index (χ4n) is 1.62. The van der Waals surface area contributed by atoms with Crippen LogP contribution >= 0.6 is 0 Å². The fourth-order valence-corrected chi connectivity index (χ4v) is 1.62. The van der Waals surface area contributed by atoms with Gasteiger partial charge in [-0.25, -0.2) is 0 Å². The fraction of sp³-hybridized carbons (Fsp3) is 0.0909. The van der Waals surface area contributed by atoms with Crippen molar-refractivity contribution in [3.8, 4) is 11.3 Å². The molecule has 0 aliphatic heterocycles. The number of benzene rings is 1. The van der Waals surface area contributed by atoms with Crippen LogP contribution in [0.5, 0.6) is 0 Å². The summed E-state index contributed by atoms with van der Waals surface area (Å²) in [7, 11) is 1.81. The second kappa shape index (κ2) is 2.95. The molecule has 0 unspecified atom stereocenters. The maximum atomic E-state index is 5.32. The first-order chi connectivity index (χ1) is 7.33. The SMILES string of the molecule is Cn1nc2ccc(-c3ccco3)cc2n1. The lowest BCUT2D eigenvalue weighted by Gasteiger charge is -1.94. The van der Waals surface area contributed by atoms with Gasteiger partial charge < -0.3 is 4.42 Å². The molecular formula is C11H9N3O. The molecule has 4 heteroatoms. The van der Waals surface area contributed by atoms with E-state index in [9.17, 15) is 0 Å². The van der Waals surface area contributed by atoms with E-state index in [0.29, 0.717) is 0 Å². The molecule has 0 fully saturated rings. The van der Waals surface area contributed by atoms with E-state index in [2.05, 4.69) is 10.2 Å². The molecule has 2 heterocycles. The zero-order valence-electron chi connectivity index (χ0n) is 8.21. The van der Waals surface area contributed by atoms with Crippen molar-refractivity contribution in [3.63, 3.8) is 0 Å². The zero-order chi connectivity index (χ0) is 10.3. The molecule has 0 atom stereocenters. The van der Waals surface area contributed by atoms with E-state index >= 15 is 0 Å². The Labute approximate surface area is 86.1 Å². The summed E-state index contributed by atoms with van der Waals surface area (Å²) in [5.41, 5.74) is 2.80. The van der Waals surface area contributed by atoms with Crippen LogP contribution < -0.4 is 0 Å². The van der Waals surface area contributed by atoms with Crippen molar-refractivity contribution in [1.29, 1.82) is 0 Å². The van der Waals surface area contributed by atoms with Gasteiger partial charge in [-0.1, -0.05) is 0 Å². The van der Waals surface area contributed by atoms with Gasteiger partial charge in [0.25, 0.3) is 0 Å². The summed E-state index contributed by atoms with van der Waals surface area (Å²) in [6.45, 7) is 0. The number of hydrogen-bond acceptors (Lipinski definition) is 3. The van der Waals surface area contributed by atoms with Gasteiger partial charge in [0.2, 0.25) is 0 Å². The van der Waals surface area contributed by atoms with E-state index in [0.717, 1.165) is 22.4 Å². The molecular weight excluding hydrogens is 190 g/mol. The monoisotopic (exact) mass is 199 g/mol. The van der Waals surface area contributed by atoms with Crippen LogP contribution in [0.3, 0.4) is 0 Å². The molecule has 0 radical (unpaired) electrons. The molecule has 0 saturated heterocycles. The third-order valence-electron chi connectivity index (χ3n) is 2.29. The summed E-state index contributed by atoms with van der Waals surface area (Å²) in [5, 5.41) is 8.46. The maximum Gasteiger partial charge on any atom is 0.133 e. The summed E-state index contributed by atoms with van der Waals surface area (Å²) >= 11 is 0. The predicted octanol–water partition coefficient (Wildman–Crippen LogP) is 2.23. The Morgan fingerprint density at radius 2 is 2.00 bits per heavy atom. The molecule has 0 saturated carbocycles. The molecule has 2 aromatic heterocycles. The number of aryl methyl sites for hydroxylation is 1. The van der Waals surface area contributed by atoms with Crippen LogP contribution in [0.2, 0.25) is 0 Å². The highest BCUT2D eigenvalue weighted by Crippen LogP contribution is 2.22. The van der Waals surface area contributed by atoms with Crippen molar-refractivity contribution in [2.45, 2.75) is 0 Å². The van der Waals surface area contributed by atoms with E-state index in [1.54, 1.807) is 11.1 Å². The second-order valence-corrected chi connectivity index (χ2v) is 3.37. The second-order valence-electron chi connectivity index (χ2n) is 3.37. The summed E-state index contributed by atoms with van der Waals surface area (Å²) in [5.74, 6) is 0.850. The molecule has 0 aliphatic rings. The van der Waals surface area contributed by atoms with Crippen molar-refractivity contribution >= 4 is 11.0 Å². The smallest absolute Gasteiger partial charge is 0.133 e. The molecule has 1 aromatic carbocycles. The standard InChI is InChI=1S/C11H9N3O/c1-14-12-9-5-4-8(7-10(9)13-14)11-3-2-6-15-11/h2-7H,1H3. The Balaban J connectivity index is 2.21. The molecule has 3 rings (SSSR count). The van der Waals surface area contributed by atoms with Crippen LogP contribution in [0.4, 0.5) is 0 Å². The zero-order valence-corrected chi connectivity index (χ0v) is 8.21. The third kappa shape index (κ3) is 1.30. The average molecular weight is 199 g/mol. The van der Waals surface area contributed by atoms with Gasteiger partial charge in [0.05, 0.1) is 6.26 Å². The number of nitrogens with zero attached hydrogens (tertiary/aromatic N) is 3. The Morgan fingerprint density at radius 1 is 1.13 bits per heavy atom. The minimum absolute atomic E-state index is 0.850. The molecule has 0 bridgehead atoms. The highest BCUT2D eigenvalue weighted by molar-refractivity contribution is 5.79. The largest absolute Gasteiger partial charge is 0.464 e. The average Bonchev–Trinajstić information content (AvgIpc) is 2.82. The lowest BCUT2D eigenvalue weighted by molar-refractivity contribution is 0.582. The highest BCUT2D eigenvalue weighted by Gasteiger charge is 2.04. The molecule has 0 aliphatic carbocycles. The Kier molecular flexibility index (Phi) is 1.62. The van der Waals surface area contributed by atoms with Crippen molar-refractivity contribution in [2.24, 2.45) is 7.05 Å². The van der Waals surface area contributed by atoms with Gasteiger partial charge in [-0.2, -0.15) is 15.0 Å². The first kappa shape index (κ1) is 8.23. The van der Waals surface area contributed by atoms with Crippen LogP contribution in [0.1, 0.15) is 0 Å². The number of rotatable bonds is 1. The quantitative estimate of drug-likeness (QED) is 0.603. The molecule has 0 spiro atoms. The molecule has 4 nitrogen and oxygen atoms in total. The minimum atomic E-state index is 0.850.